The maximum Gasteiger partial charge on any atom is 0.116 e. The zero-order valence-corrected chi connectivity index (χ0v) is 5.86. The van der Waals surface area contributed by atoms with Crippen molar-refractivity contribution in [3.8, 4) is 11.4 Å². The van der Waals surface area contributed by atoms with Crippen LogP contribution in [0.5, 0.6) is 0 Å². The third kappa shape index (κ3) is 1.12. The van der Waals surface area contributed by atoms with Crippen LogP contribution in [0.15, 0.2) is 36.9 Å². The van der Waals surface area contributed by atoms with E-state index in [-0.39, 0.29) is 0 Å². The van der Waals surface area contributed by atoms with Gasteiger partial charge in [0.25, 0.3) is 0 Å². The normalized spacial score (nSPS) is 9.82. The predicted molar refractivity (Wildman–Crippen MR) is 41.8 cm³/mol. The molecule has 0 saturated heterocycles. The molecule has 2 heterocycles. The molecule has 0 atom stereocenters. The fraction of sp³-hybridized carbons (Fsp3) is 0. The summed E-state index contributed by atoms with van der Waals surface area (Å²) in [5.41, 5.74) is 1.94. The van der Waals surface area contributed by atoms with E-state index in [1.54, 1.807) is 6.20 Å². The van der Waals surface area contributed by atoms with Crippen LogP contribution in [0.25, 0.3) is 11.4 Å². The van der Waals surface area contributed by atoms with Crippen molar-refractivity contribution in [2.45, 2.75) is 0 Å². The van der Waals surface area contributed by atoms with E-state index >= 15 is 0 Å². The lowest BCUT2D eigenvalue weighted by Gasteiger charge is -1.92. The first-order valence-electron chi connectivity index (χ1n) is 3.36. The molecule has 3 heteroatoms. The molecule has 2 aromatic rings. The summed E-state index contributed by atoms with van der Waals surface area (Å²) in [4.78, 5) is 11.0. The summed E-state index contributed by atoms with van der Waals surface area (Å²) in [6, 6.07) is 5.78. The van der Waals surface area contributed by atoms with E-state index in [4.69, 9.17) is 0 Å². The largest absolute Gasteiger partial charge is 0.360 e. The smallest absolute Gasteiger partial charge is 0.116 e. The number of hydrogen-bond donors (Lipinski definition) is 1. The molecule has 0 radical (unpaired) electrons. The second-order valence-corrected chi connectivity index (χ2v) is 2.18. The van der Waals surface area contributed by atoms with E-state index < -0.39 is 0 Å². The number of rotatable bonds is 1. The van der Waals surface area contributed by atoms with Gasteiger partial charge in [-0.25, -0.2) is 9.97 Å². The molecule has 0 fully saturated rings. The molecule has 2 rings (SSSR count). The van der Waals surface area contributed by atoms with Gasteiger partial charge in [0.05, 0.1) is 11.4 Å². The van der Waals surface area contributed by atoms with Crippen LogP contribution in [0, 0.1) is 0 Å². The zero-order valence-electron chi connectivity index (χ0n) is 5.86. The minimum atomic E-state index is 0.921. The first-order chi connectivity index (χ1) is 5.47. The van der Waals surface area contributed by atoms with Crippen molar-refractivity contribution in [1.29, 1.82) is 0 Å². The summed E-state index contributed by atoms with van der Waals surface area (Å²) in [5, 5.41) is 0. The topological polar surface area (TPSA) is 41.6 Å². The van der Waals surface area contributed by atoms with Gasteiger partial charge in [0.15, 0.2) is 0 Å². The molecule has 0 aliphatic heterocycles. The standard InChI is InChI=1S/C8H7N3/c1-2-7(10-4-1)8-3-5-9-6-11-8/h1-6,10H. The highest BCUT2D eigenvalue weighted by atomic mass is 14.8. The monoisotopic (exact) mass is 145 g/mol. The summed E-state index contributed by atoms with van der Waals surface area (Å²) in [6.45, 7) is 0. The van der Waals surface area contributed by atoms with Gasteiger partial charge in [0.1, 0.15) is 6.33 Å². The molecule has 3 nitrogen and oxygen atoms in total. The van der Waals surface area contributed by atoms with Crippen LogP contribution in [0.4, 0.5) is 0 Å². The van der Waals surface area contributed by atoms with Crippen molar-refractivity contribution in [3.05, 3.63) is 36.9 Å². The van der Waals surface area contributed by atoms with E-state index in [9.17, 15) is 0 Å². The SMILES string of the molecule is c1c[nH]c(-c2ccncn2)c1. The fourth-order valence-corrected chi connectivity index (χ4v) is 0.940. The number of hydrogen-bond acceptors (Lipinski definition) is 2. The lowest BCUT2D eigenvalue weighted by atomic mass is 10.3. The third-order valence-electron chi connectivity index (χ3n) is 1.46. The molecule has 0 bridgehead atoms. The lowest BCUT2D eigenvalue weighted by molar-refractivity contribution is 1.16. The van der Waals surface area contributed by atoms with E-state index in [0.717, 1.165) is 11.4 Å². The molecule has 54 valence electrons. The van der Waals surface area contributed by atoms with Gasteiger partial charge in [0.2, 0.25) is 0 Å². The summed E-state index contributed by atoms with van der Waals surface area (Å²) < 4.78 is 0. The highest BCUT2D eigenvalue weighted by molar-refractivity contribution is 5.52. The van der Waals surface area contributed by atoms with Crippen molar-refractivity contribution in [2.24, 2.45) is 0 Å². The average molecular weight is 145 g/mol. The molecule has 0 amide bonds. The van der Waals surface area contributed by atoms with Gasteiger partial charge >= 0.3 is 0 Å². The van der Waals surface area contributed by atoms with Crippen LogP contribution in [0.1, 0.15) is 0 Å². The minimum absolute atomic E-state index is 0.921. The van der Waals surface area contributed by atoms with Gasteiger partial charge in [-0.15, -0.1) is 0 Å². The minimum Gasteiger partial charge on any atom is -0.360 e. The van der Waals surface area contributed by atoms with Crippen LogP contribution in [-0.4, -0.2) is 15.0 Å². The molecule has 0 aromatic carbocycles. The van der Waals surface area contributed by atoms with Gasteiger partial charge in [-0.3, -0.25) is 0 Å². The van der Waals surface area contributed by atoms with Gasteiger partial charge in [-0.05, 0) is 18.2 Å². The fourth-order valence-electron chi connectivity index (χ4n) is 0.940. The highest BCUT2D eigenvalue weighted by Crippen LogP contribution is 2.10. The molecule has 0 spiro atoms. The number of nitrogens with one attached hydrogen (secondary N) is 1. The van der Waals surface area contributed by atoms with Crippen molar-refractivity contribution in [2.75, 3.05) is 0 Å². The van der Waals surface area contributed by atoms with Crippen LogP contribution in [-0.2, 0) is 0 Å². The molecule has 11 heavy (non-hydrogen) atoms. The number of aromatic amines is 1. The second kappa shape index (κ2) is 2.54. The molecule has 0 saturated carbocycles. The second-order valence-electron chi connectivity index (χ2n) is 2.18. The summed E-state index contributed by atoms with van der Waals surface area (Å²) in [6.07, 6.45) is 5.14. The quantitative estimate of drug-likeness (QED) is 0.660. The molecule has 0 aliphatic rings. The Hall–Kier alpha value is -1.64. The molecular weight excluding hydrogens is 138 g/mol. The third-order valence-corrected chi connectivity index (χ3v) is 1.46. The van der Waals surface area contributed by atoms with Crippen LogP contribution < -0.4 is 0 Å². The van der Waals surface area contributed by atoms with E-state index in [0.29, 0.717) is 0 Å². The molecule has 0 aliphatic carbocycles. The number of aromatic nitrogens is 3. The Bertz CT molecular complexity index is 312. The molecule has 1 N–H and O–H groups in total. The number of nitrogens with zero attached hydrogens (tertiary/aromatic N) is 2. The Morgan fingerprint density at radius 2 is 2.27 bits per heavy atom. The van der Waals surface area contributed by atoms with Crippen LogP contribution in [0.2, 0.25) is 0 Å². The van der Waals surface area contributed by atoms with Gasteiger partial charge < -0.3 is 4.98 Å². The first-order valence-corrected chi connectivity index (χ1v) is 3.36. The summed E-state index contributed by atoms with van der Waals surface area (Å²) in [5.74, 6) is 0. The van der Waals surface area contributed by atoms with Crippen molar-refractivity contribution < 1.29 is 0 Å². The molecule has 2 aromatic heterocycles. The average Bonchev–Trinajstić information content (AvgIpc) is 2.58. The van der Waals surface area contributed by atoms with Gasteiger partial charge in [-0.2, -0.15) is 0 Å². The molecular formula is C8H7N3. The lowest BCUT2D eigenvalue weighted by Crippen LogP contribution is -1.82. The number of H-pyrrole nitrogens is 1. The van der Waals surface area contributed by atoms with E-state index in [1.165, 1.54) is 6.33 Å². The molecule has 0 unspecified atom stereocenters. The Balaban J connectivity index is 2.46. The first kappa shape index (κ1) is 6.09. The predicted octanol–water partition coefficient (Wildman–Crippen LogP) is 1.47. The Labute approximate surface area is 64.1 Å². The highest BCUT2D eigenvalue weighted by Gasteiger charge is 1.95. The summed E-state index contributed by atoms with van der Waals surface area (Å²) in [7, 11) is 0. The van der Waals surface area contributed by atoms with E-state index in [2.05, 4.69) is 15.0 Å². The van der Waals surface area contributed by atoms with Gasteiger partial charge in [-0.1, -0.05) is 0 Å². The Kier molecular flexibility index (Phi) is 1.41. The van der Waals surface area contributed by atoms with Crippen molar-refractivity contribution in [1.82, 2.24) is 15.0 Å². The Morgan fingerprint density at radius 1 is 1.27 bits per heavy atom. The summed E-state index contributed by atoms with van der Waals surface area (Å²) >= 11 is 0. The maximum absolute atomic E-state index is 4.08. The zero-order chi connectivity index (χ0) is 7.52. The van der Waals surface area contributed by atoms with Gasteiger partial charge in [0, 0.05) is 12.4 Å². The maximum atomic E-state index is 4.08. The van der Waals surface area contributed by atoms with Crippen molar-refractivity contribution in [3.63, 3.8) is 0 Å². The van der Waals surface area contributed by atoms with Crippen molar-refractivity contribution >= 4 is 0 Å². The van der Waals surface area contributed by atoms with Crippen LogP contribution in [0.3, 0.4) is 0 Å². The van der Waals surface area contributed by atoms with E-state index in [1.807, 2.05) is 24.4 Å². The van der Waals surface area contributed by atoms with Crippen LogP contribution >= 0.6 is 0 Å². The Morgan fingerprint density at radius 3 is 2.91 bits per heavy atom.